The highest BCUT2D eigenvalue weighted by atomic mass is 35.5. The molecule has 2 aromatic rings. The van der Waals surface area contributed by atoms with Gasteiger partial charge >= 0.3 is 0 Å². The van der Waals surface area contributed by atoms with E-state index < -0.39 is 18.9 Å². The molecule has 0 heterocycles. The predicted molar refractivity (Wildman–Crippen MR) is 70.4 cm³/mol. The summed E-state index contributed by atoms with van der Waals surface area (Å²) in [6, 6.07) is 9.64. The van der Waals surface area contributed by atoms with Crippen molar-refractivity contribution in [1.29, 1.82) is 0 Å². The smallest absolute Gasteiger partial charge is 0.240 e. The minimum absolute atomic E-state index is 0. The molecule has 0 bridgehead atoms. The third-order valence-electron chi connectivity index (χ3n) is 2.75. The van der Waals surface area contributed by atoms with Crippen LogP contribution in [0.2, 0.25) is 0 Å². The van der Waals surface area contributed by atoms with Crippen LogP contribution >= 0.6 is 12.4 Å². The highest BCUT2D eigenvalue weighted by Gasteiger charge is 2.18. The molecule has 0 saturated heterocycles. The number of halogens is 3. The fourth-order valence-electron chi connectivity index (χ4n) is 1.98. The molecule has 0 saturated carbocycles. The van der Waals surface area contributed by atoms with Gasteiger partial charge in [0.05, 0.1) is 0 Å². The molecule has 5 heteroatoms. The number of phenolic OH excluding ortho intramolecular Hbond substituents is 1. The average molecular weight is 274 g/mol. The lowest BCUT2D eigenvalue weighted by Crippen LogP contribution is -2.14. The van der Waals surface area contributed by atoms with Crippen molar-refractivity contribution in [3.05, 3.63) is 42.0 Å². The first-order chi connectivity index (χ1) is 8.09. The maximum absolute atomic E-state index is 12.3. The van der Waals surface area contributed by atoms with E-state index in [-0.39, 0.29) is 18.2 Å². The molecule has 0 unspecified atom stereocenters. The second-order valence-electron chi connectivity index (χ2n) is 3.95. The second kappa shape index (κ2) is 5.98. The summed E-state index contributed by atoms with van der Waals surface area (Å²) in [7, 11) is 0. The van der Waals surface area contributed by atoms with Gasteiger partial charge in [0.15, 0.2) is 0 Å². The van der Waals surface area contributed by atoms with Crippen LogP contribution in [-0.4, -0.2) is 11.5 Å². The van der Waals surface area contributed by atoms with Crippen molar-refractivity contribution in [2.75, 3.05) is 0 Å². The molecule has 3 N–H and O–H groups in total. The van der Waals surface area contributed by atoms with E-state index in [9.17, 15) is 13.9 Å². The number of rotatable bonds is 3. The van der Waals surface area contributed by atoms with Crippen LogP contribution in [0.3, 0.4) is 0 Å². The summed E-state index contributed by atoms with van der Waals surface area (Å²) in [5, 5.41) is 11.4. The molecule has 0 aliphatic carbocycles. The van der Waals surface area contributed by atoms with Gasteiger partial charge in [0.25, 0.3) is 0 Å². The van der Waals surface area contributed by atoms with Gasteiger partial charge in [-0.25, -0.2) is 8.78 Å². The normalized spacial score (nSPS) is 12.4. The largest absolute Gasteiger partial charge is 0.508 e. The average Bonchev–Trinajstić information content (AvgIpc) is 2.27. The molecule has 18 heavy (non-hydrogen) atoms. The van der Waals surface area contributed by atoms with E-state index in [2.05, 4.69) is 0 Å². The van der Waals surface area contributed by atoms with Crippen LogP contribution in [0, 0.1) is 0 Å². The number of fused-ring (bicyclic) bond motifs is 1. The van der Waals surface area contributed by atoms with E-state index in [0.29, 0.717) is 5.56 Å². The molecule has 0 spiro atoms. The van der Waals surface area contributed by atoms with Crippen molar-refractivity contribution < 1.29 is 13.9 Å². The zero-order valence-electron chi connectivity index (χ0n) is 9.51. The van der Waals surface area contributed by atoms with E-state index >= 15 is 0 Å². The molecule has 0 radical (unpaired) electrons. The van der Waals surface area contributed by atoms with Gasteiger partial charge in [0.2, 0.25) is 6.43 Å². The zero-order valence-corrected chi connectivity index (χ0v) is 10.3. The quantitative estimate of drug-likeness (QED) is 0.897. The van der Waals surface area contributed by atoms with Gasteiger partial charge in [-0.15, -0.1) is 12.4 Å². The van der Waals surface area contributed by atoms with Gasteiger partial charge < -0.3 is 10.8 Å². The monoisotopic (exact) mass is 273 g/mol. The summed E-state index contributed by atoms with van der Waals surface area (Å²) in [5.74, 6) is -0.0307. The highest BCUT2D eigenvalue weighted by molar-refractivity contribution is 5.88. The van der Waals surface area contributed by atoms with E-state index in [1.807, 2.05) is 12.1 Å². The minimum atomic E-state index is -2.48. The van der Waals surface area contributed by atoms with E-state index in [0.717, 1.165) is 10.8 Å². The summed E-state index contributed by atoms with van der Waals surface area (Å²) >= 11 is 0. The lowest BCUT2D eigenvalue weighted by Gasteiger charge is -2.15. The maximum atomic E-state index is 12.3. The Labute approximate surface area is 110 Å². The molecule has 0 fully saturated rings. The van der Waals surface area contributed by atoms with Crippen molar-refractivity contribution in [3.63, 3.8) is 0 Å². The summed E-state index contributed by atoms with van der Waals surface area (Å²) < 4.78 is 24.7. The first-order valence-electron chi connectivity index (χ1n) is 5.34. The van der Waals surface area contributed by atoms with Crippen LogP contribution in [0.4, 0.5) is 8.78 Å². The van der Waals surface area contributed by atoms with Gasteiger partial charge in [-0.3, -0.25) is 0 Å². The number of hydrogen-bond donors (Lipinski definition) is 2. The number of phenols is 1. The summed E-state index contributed by atoms with van der Waals surface area (Å²) in [4.78, 5) is 0. The van der Waals surface area contributed by atoms with Crippen LogP contribution in [0.5, 0.6) is 5.75 Å². The Morgan fingerprint density at radius 1 is 1.11 bits per heavy atom. The molecule has 2 rings (SSSR count). The van der Waals surface area contributed by atoms with Crippen molar-refractivity contribution in [3.8, 4) is 5.75 Å². The predicted octanol–water partition coefficient (Wildman–Crippen LogP) is 3.62. The molecular weight excluding hydrogens is 260 g/mol. The Bertz CT molecular complexity index is 533. The molecule has 0 aliphatic heterocycles. The number of aromatic hydroxyl groups is 1. The number of hydrogen-bond acceptors (Lipinski definition) is 2. The standard InChI is InChI=1S/C13H13F2NO.ClH/c14-12(15)7-10(16)13-9-4-2-1-3-8(9)5-6-11(13)17;/h1-6,10,12,17H,7,16H2;1H/t10-;/m0./s1. The van der Waals surface area contributed by atoms with E-state index in [4.69, 9.17) is 5.73 Å². The van der Waals surface area contributed by atoms with Gasteiger partial charge in [-0.05, 0) is 16.8 Å². The molecular formula is C13H14ClF2NO. The summed E-state index contributed by atoms with van der Waals surface area (Å²) in [5.41, 5.74) is 6.11. The van der Waals surface area contributed by atoms with Crippen molar-refractivity contribution in [2.24, 2.45) is 5.73 Å². The lowest BCUT2D eigenvalue weighted by atomic mass is 9.96. The molecule has 0 aliphatic rings. The van der Waals surface area contributed by atoms with Crippen LogP contribution < -0.4 is 5.73 Å². The van der Waals surface area contributed by atoms with Gasteiger partial charge in [0, 0.05) is 18.0 Å². The van der Waals surface area contributed by atoms with Gasteiger partial charge in [-0.1, -0.05) is 30.3 Å². The molecule has 2 aromatic carbocycles. The summed E-state index contributed by atoms with van der Waals surface area (Å²) in [6.45, 7) is 0. The highest BCUT2D eigenvalue weighted by Crippen LogP contribution is 2.33. The third kappa shape index (κ3) is 2.89. The van der Waals surface area contributed by atoms with Crippen LogP contribution in [0.15, 0.2) is 36.4 Å². The van der Waals surface area contributed by atoms with Crippen molar-refractivity contribution in [1.82, 2.24) is 0 Å². The van der Waals surface area contributed by atoms with Crippen LogP contribution in [0.25, 0.3) is 10.8 Å². The first-order valence-corrected chi connectivity index (χ1v) is 5.34. The Morgan fingerprint density at radius 2 is 1.78 bits per heavy atom. The van der Waals surface area contributed by atoms with Crippen LogP contribution in [0.1, 0.15) is 18.0 Å². The van der Waals surface area contributed by atoms with Gasteiger partial charge in [0.1, 0.15) is 5.75 Å². The minimum Gasteiger partial charge on any atom is -0.508 e. The second-order valence-corrected chi connectivity index (χ2v) is 3.95. The Morgan fingerprint density at radius 3 is 2.44 bits per heavy atom. The Balaban J connectivity index is 0.00000162. The maximum Gasteiger partial charge on any atom is 0.240 e. The Hall–Kier alpha value is -1.39. The van der Waals surface area contributed by atoms with Crippen LogP contribution in [-0.2, 0) is 0 Å². The fraction of sp³-hybridized carbons (Fsp3) is 0.231. The first kappa shape index (κ1) is 14.7. The van der Waals surface area contributed by atoms with Gasteiger partial charge in [-0.2, -0.15) is 0 Å². The van der Waals surface area contributed by atoms with Crippen molar-refractivity contribution in [2.45, 2.75) is 18.9 Å². The molecule has 98 valence electrons. The van der Waals surface area contributed by atoms with E-state index in [1.54, 1.807) is 18.2 Å². The number of alkyl halides is 2. The fourth-order valence-corrected chi connectivity index (χ4v) is 1.98. The SMILES string of the molecule is Cl.N[C@@H](CC(F)F)c1c(O)ccc2ccccc12. The number of nitrogens with two attached hydrogens (primary N) is 1. The molecule has 1 atom stereocenters. The zero-order chi connectivity index (χ0) is 12.4. The number of benzene rings is 2. The topological polar surface area (TPSA) is 46.2 Å². The molecule has 0 aromatic heterocycles. The van der Waals surface area contributed by atoms with Crippen molar-refractivity contribution >= 4 is 23.2 Å². The third-order valence-corrected chi connectivity index (χ3v) is 2.75. The Kier molecular flexibility index (Phi) is 4.87. The lowest BCUT2D eigenvalue weighted by molar-refractivity contribution is 0.128. The molecule has 0 amide bonds. The van der Waals surface area contributed by atoms with E-state index in [1.165, 1.54) is 6.07 Å². The summed E-state index contributed by atoms with van der Waals surface area (Å²) in [6.07, 6.45) is -2.94. The molecule has 2 nitrogen and oxygen atoms in total.